The molecule has 0 unspecified atom stereocenters. The number of ether oxygens (including phenoxy) is 1. The Hall–Kier alpha value is -3.47. The van der Waals surface area contributed by atoms with Gasteiger partial charge in [0.2, 0.25) is 0 Å². The summed E-state index contributed by atoms with van der Waals surface area (Å²) in [6.45, 7) is 1.87. The van der Waals surface area contributed by atoms with E-state index in [2.05, 4.69) is 5.32 Å². The van der Waals surface area contributed by atoms with E-state index in [1.54, 1.807) is 54.6 Å². The molecule has 25 heavy (non-hydrogen) atoms. The molecule has 0 aliphatic carbocycles. The van der Waals surface area contributed by atoms with Gasteiger partial charge in [0, 0.05) is 28.7 Å². The van der Waals surface area contributed by atoms with Gasteiger partial charge in [0.05, 0.1) is 0 Å². The van der Waals surface area contributed by atoms with Crippen molar-refractivity contribution in [3.8, 4) is 11.5 Å². The summed E-state index contributed by atoms with van der Waals surface area (Å²) < 4.78 is 5.77. The molecular formula is C20H19N3O2. The maximum atomic E-state index is 12.4. The molecule has 0 radical (unpaired) electrons. The number of aryl methyl sites for hydroxylation is 1. The zero-order valence-corrected chi connectivity index (χ0v) is 13.8. The molecule has 5 N–H and O–H groups in total. The molecule has 0 aliphatic heterocycles. The van der Waals surface area contributed by atoms with Crippen molar-refractivity contribution >= 4 is 23.0 Å². The highest BCUT2D eigenvalue weighted by molar-refractivity contribution is 6.04. The van der Waals surface area contributed by atoms with Crippen LogP contribution in [0.25, 0.3) is 0 Å². The summed E-state index contributed by atoms with van der Waals surface area (Å²) in [5.74, 6) is 1.09. The highest BCUT2D eigenvalue weighted by atomic mass is 16.5. The molecule has 0 saturated heterocycles. The lowest BCUT2D eigenvalue weighted by Gasteiger charge is -2.10. The van der Waals surface area contributed by atoms with Crippen molar-refractivity contribution in [2.45, 2.75) is 6.92 Å². The van der Waals surface area contributed by atoms with E-state index in [1.165, 1.54) is 0 Å². The van der Waals surface area contributed by atoms with Crippen molar-refractivity contribution in [2.75, 3.05) is 16.8 Å². The Balaban J connectivity index is 1.73. The minimum atomic E-state index is -0.201. The molecule has 3 rings (SSSR count). The monoisotopic (exact) mass is 333 g/mol. The van der Waals surface area contributed by atoms with E-state index in [-0.39, 0.29) is 5.91 Å². The second-order valence-electron chi connectivity index (χ2n) is 5.72. The van der Waals surface area contributed by atoms with Crippen LogP contribution in [0, 0.1) is 6.92 Å². The van der Waals surface area contributed by atoms with Gasteiger partial charge in [-0.05, 0) is 67.1 Å². The van der Waals surface area contributed by atoms with Gasteiger partial charge in [0.15, 0.2) is 0 Å². The van der Waals surface area contributed by atoms with Gasteiger partial charge in [-0.2, -0.15) is 0 Å². The summed E-state index contributed by atoms with van der Waals surface area (Å²) in [6.07, 6.45) is 0. The molecule has 0 saturated carbocycles. The molecule has 0 aromatic heterocycles. The molecule has 0 heterocycles. The molecule has 0 fully saturated rings. The van der Waals surface area contributed by atoms with Gasteiger partial charge in [-0.25, -0.2) is 0 Å². The molecule has 3 aromatic carbocycles. The molecule has 1 amide bonds. The fourth-order valence-corrected chi connectivity index (χ4v) is 2.33. The zero-order chi connectivity index (χ0) is 17.8. The van der Waals surface area contributed by atoms with E-state index in [1.807, 2.05) is 19.1 Å². The van der Waals surface area contributed by atoms with E-state index in [0.29, 0.717) is 34.1 Å². The quantitative estimate of drug-likeness (QED) is 0.624. The first-order valence-corrected chi connectivity index (χ1v) is 7.82. The van der Waals surface area contributed by atoms with Crippen LogP contribution in [0.15, 0.2) is 66.7 Å². The number of nitrogen functional groups attached to an aromatic ring is 2. The van der Waals surface area contributed by atoms with Gasteiger partial charge in [-0.1, -0.05) is 6.07 Å². The normalized spacial score (nSPS) is 10.3. The summed E-state index contributed by atoms with van der Waals surface area (Å²) in [5.41, 5.74) is 14.9. The van der Waals surface area contributed by atoms with E-state index >= 15 is 0 Å². The second kappa shape index (κ2) is 6.97. The van der Waals surface area contributed by atoms with Gasteiger partial charge in [-0.15, -0.1) is 0 Å². The summed E-state index contributed by atoms with van der Waals surface area (Å²) in [4.78, 5) is 12.4. The standard InChI is InChI=1S/C20H19N3O2/c1-13-11-14(5-10-19(13)22)20(24)23-16-3-2-4-18(12-16)25-17-8-6-15(21)7-9-17/h2-12H,21-22H2,1H3,(H,23,24). The van der Waals surface area contributed by atoms with Crippen LogP contribution in [0.3, 0.4) is 0 Å². The molecule has 5 nitrogen and oxygen atoms in total. The number of nitrogens with one attached hydrogen (secondary N) is 1. The molecule has 0 atom stereocenters. The highest BCUT2D eigenvalue weighted by Crippen LogP contribution is 2.25. The van der Waals surface area contributed by atoms with Crippen LogP contribution in [0.4, 0.5) is 17.1 Å². The summed E-state index contributed by atoms with van der Waals surface area (Å²) in [7, 11) is 0. The molecule has 5 heteroatoms. The Morgan fingerprint density at radius 2 is 1.68 bits per heavy atom. The van der Waals surface area contributed by atoms with Crippen LogP contribution in [0.5, 0.6) is 11.5 Å². The number of nitrogens with two attached hydrogens (primary N) is 2. The maximum absolute atomic E-state index is 12.4. The second-order valence-corrected chi connectivity index (χ2v) is 5.72. The van der Waals surface area contributed by atoms with Gasteiger partial charge in [0.25, 0.3) is 5.91 Å². The SMILES string of the molecule is Cc1cc(C(=O)Nc2cccc(Oc3ccc(N)cc3)c2)ccc1N. The third kappa shape index (κ3) is 4.09. The summed E-state index contributed by atoms with van der Waals surface area (Å²) in [5, 5.41) is 2.86. The van der Waals surface area contributed by atoms with Crippen molar-refractivity contribution in [3.05, 3.63) is 77.9 Å². The Morgan fingerprint density at radius 3 is 2.40 bits per heavy atom. The topological polar surface area (TPSA) is 90.4 Å². The van der Waals surface area contributed by atoms with Crippen LogP contribution in [-0.4, -0.2) is 5.91 Å². The van der Waals surface area contributed by atoms with E-state index in [9.17, 15) is 4.79 Å². The number of anilines is 3. The van der Waals surface area contributed by atoms with Gasteiger partial charge in [0.1, 0.15) is 11.5 Å². The summed E-state index contributed by atoms with van der Waals surface area (Å²) >= 11 is 0. The predicted molar refractivity (Wildman–Crippen MR) is 101 cm³/mol. The number of carbonyl (C=O) groups excluding carboxylic acids is 1. The van der Waals surface area contributed by atoms with Gasteiger partial charge < -0.3 is 21.5 Å². The first-order chi connectivity index (χ1) is 12.0. The van der Waals surface area contributed by atoms with Crippen LogP contribution < -0.4 is 21.5 Å². The smallest absolute Gasteiger partial charge is 0.255 e. The van der Waals surface area contributed by atoms with E-state index < -0.39 is 0 Å². The van der Waals surface area contributed by atoms with Crippen LogP contribution in [0.1, 0.15) is 15.9 Å². The van der Waals surface area contributed by atoms with Crippen molar-refractivity contribution in [1.82, 2.24) is 0 Å². The average molecular weight is 333 g/mol. The maximum Gasteiger partial charge on any atom is 0.255 e. The molecule has 0 spiro atoms. The van der Waals surface area contributed by atoms with Crippen molar-refractivity contribution in [2.24, 2.45) is 0 Å². The summed E-state index contributed by atoms with van der Waals surface area (Å²) in [6, 6.07) is 19.5. The third-order valence-electron chi connectivity index (χ3n) is 3.74. The predicted octanol–water partition coefficient (Wildman–Crippen LogP) is 4.20. The Labute approximate surface area is 146 Å². The lowest BCUT2D eigenvalue weighted by molar-refractivity contribution is 0.102. The first-order valence-electron chi connectivity index (χ1n) is 7.82. The molecule has 3 aromatic rings. The number of hydrogen-bond acceptors (Lipinski definition) is 4. The lowest BCUT2D eigenvalue weighted by atomic mass is 10.1. The van der Waals surface area contributed by atoms with Crippen molar-refractivity contribution in [3.63, 3.8) is 0 Å². The Morgan fingerprint density at radius 1 is 0.920 bits per heavy atom. The largest absolute Gasteiger partial charge is 0.457 e. The molecule has 0 aliphatic rings. The number of rotatable bonds is 4. The highest BCUT2D eigenvalue weighted by Gasteiger charge is 2.08. The molecule has 0 bridgehead atoms. The minimum absolute atomic E-state index is 0.201. The third-order valence-corrected chi connectivity index (χ3v) is 3.74. The minimum Gasteiger partial charge on any atom is -0.457 e. The first kappa shape index (κ1) is 16.4. The molecular weight excluding hydrogens is 314 g/mol. The fourth-order valence-electron chi connectivity index (χ4n) is 2.33. The zero-order valence-electron chi connectivity index (χ0n) is 13.8. The van der Waals surface area contributed by atoms with E-state index in [4.69, 9.17) is 16.2 Å². The van der Waals surface area contributed by atoms with Crippen LogP contribution in [0.2, 0.25) is 0 Å². The average Bonchev–Trinajstić information content (AvgIpc) is 2.59. The Bertz CT molecular complexity index is 905. The van der Waals surface area contributed by atoms with Gasteiger partial charge in [-0.3, -0.25) is 4.79 Å². The van der Waals surface area contributed by atoms with Crippen molar-refractivity contribution < 1.29 is 9.53 Å². The van der Waals surface area contributed by atoms with E-state index in [0.717, 1.165) is 5.56 Å². The number of benzene rings is 3. The van der Waals surface area contributed by atoms with Crippen LogP contribution >= 0.6 is 0 Å². The Kier molecular flexibility index (Phi) is 4.57. The molecule has 126 valence electrons. The van der Waals surface area contributed by atoms with Crippen molar-refractivity contribution in [1.29, 1.82) is 0 Å². The number of amides is 1. The van der Waals surface area contributed by atoms with Crippen LogP contribution in [-0.2, 0) is 0 Å². The number of hydrogen-bond donors (Lipinski definition) is 3. The fraction of sp³-hybridized carbons (Fsp3) is 0.0500. The van der Waals surface area contributed by atoms with Gasteiger partial charge >= 0.3 is 0 Å². The lowest BCUT2D eigenvalue weighted by Crippen LogP contribution is -2.12. The number of carbonyl (C=O) groups is 1.